The molecule has 24 heavy (non-hydrogen) atoms. The number of nitrogens with one attached hydrogen (secondary N) is 1. The van der Waals surface area contributed by atoms with Gasteiger partial charge in [-0.05, 0) is 33.7 Å². The second-order valence-corrected chi connectivity index (χ2v) is 6.76. The van der Waals surface area contributed by atoms with Crippen LogP contribution in [0.25, 0.3) is 0 Å². The fraction of sp³-hybridized carbons (Fsp3) is 0.941. The van der Waals surface area contributed by atoms with E-state index in [1.807, 2.05) is 7.05 Å². The summed E-state index contributed by atoms with van der Waals surface area (Å²) in [5.41, 5.74) is 0. The monoisotopic (exact) mass is 453 g/mol. The average Bonchev–Trinajstić information content (AvgIpc) is 2.57. The fourth-order valence-corrected chi connectivity index (χ4v) is 3.43. The normalized spacial score (nSPS) is 23.0. The Morgan fingerprint density at radius 2 is 1.79 bits per heavy atom. The molecule has 0 aromatic carbocycles. The maximum atomic E-state index is 5.73. The van der Waals surface area contributed by atoms with Crippen molar-refractivity contribution in [3.05, 3.63) is 0 Å². The van der Waals surface area contributed by atoms with E-state index in [0.29, 0.717) is 12.1 Å². The predicted octanol–water partition coefficient (Wildman–Crippen LogP) is 1.32. The number of nitrogens with zero attached hydrogens (tertiary/aromatic N) is 4. The van der Waals surface area contributed by atoms with Gasteiger partial charge >= 0.3 is 0 Å². The molecular weight excluding hydrogens is 417 g/mol. The third kappa shape index (κ3) is 6.65. The number of hydrogen-bond acceptors (Lipinski definition) is 4. The van der Waals surface area contributed by atoms with Crippen molar-refractivity contribution in [3.63, 3.8) is 0 Å². The molecule has 0 aromatic heterocycles. The molecule has 0 saturated carbocycles. The van der Waals surface area contributed by atoms with Gasteiger partial charge in [-0.15, -0.1) is 24.0 Å². The molecule has 7 heteroatoms. The van der Waals surface area contributed by atoms with Gasteiger partial charge in [-0.25, -0.2) is 0 Å². The third-order valence-corrected chi connectivity index (χ3v) is 5.07. The molecule has 1 atom stereocenters. The molecule has 2 fully saturated rings. The first-order chi connectivity index (χ1) is 11.1. The standard InChI is InChI=1S/C17H35N5O.HI/c1-5-23-16-6-8-22(9-7-16)17(18-3)19-14-15(2)21-12-10-20(4)11-13-21;/h15-16H,5-14H2,1-4H3,(H,18,19);1H. The van der Waals surface area contributed by atoms with Gasteiger partial charge in [0.25, 0.3) is 0 Å². The third-order valence-electron chi connectivity index (χ3n) is 5.07. The van der Waals surface area contributed by atoms with Crippen molar-refractivity contribution in [3.8, 4) is 0 Å². The minimum absolute atomic E-state index is 0. The number of halogens is 1. The van der Waals surface area contributed by atoms with Gasteiger partial charge in [0.2, 0.25) is 0 Å². The van der Waals surface area contributed by atoms with Crippen LogP contribution >= 0.6 is 24.0 Å². The molecule has 2 aliphatic heterocycles. The van der Waals surface area contributed by atoms with Crippen LogP contribution in [-0.4, -0.2) is 99.3 Å². The van der Waals surface area contributed by atoms with E-state index in [2.05, 4.69) is 45.9 Å². The molecule has 0 spiro atoms. The quantitative estimate of drug-likeness (QED) is 0.387. The number of ether oxygens (including phenoxy) is 1. The van der Waals surface area contributed by atoms with E-state index in [9.17, 15) is 0 Å². The van der Waals surface area contributed by atoms with Gasteiger partial charge in [0, 0.05) is 65.5 Å². The van der Waals surface area contributed by atoms with Crippen LogP contribution in [0.5, 0.6) is 0 Å². The summed E-state index contributed by atoms with van der Waals surface area (Å²) in [5, 5.41) is 3.57. The van der Waals surface area contributed by atoms with E-state index in [4.69, 9.17) is 4.74 Å². The van der Waals surface area contributed by atoms with Crippen LogP contribution in [0, 0.1) is 0 Å². The predicted molar refractivity (Wildman–Crippen MR) is 112 cm³/mol. The van der Waals surface area contributed by atoms with Crippen molar-refractivity contribution in [1.82, 2.24) is 20.0 Å². The summed E-state index contributed by atoms with van der Waals surface area (Å²) in [5.74, 6) is 1.04. The van der Waals surface area contributed by atoms with E-state index in [1.54, 1.807) is 0 Å². The molecular formula is C17H36IN5O. The molecule has 2 aliphatic rings. The number of piperidine rings is 1. The van der Waals surface area contributed by atoms with Crippen molar-refractivity contribution < 1.29 is 4.74 Å². The molecule has 0 bridgehead atoms. The molecule has 0 aliphatic carbocycles. The summed E-state index contributed by atoms with van der Waals surface area (Å²) in [6.07, 6.45) is 2.63. The highest BCUT2D eigenvalue weighted by molar-refractivity contribution is 14.0. The maximum Gasteiger partial charge on any atom is 0.193 e. The summed E-state index contributed by atoms with van der Waals surface area (Å²) in [6.45, 7) is 12.9. The van der Waals surface area contributed by atoms with Crippen LogP contribution in [0.1, 0.15) is 26.7 Å². The van der Waals surface area contributed by atoms with Crippen LogP contribution in [-0.2, 0) is 4.74 Å². The number of likely N-dealkylation sites (tertiary alicyclic amines) is 1. The Morgan fingerprint density at radius 3 is 2.33 bits per heavy atom. The second kappa shape index (κ2) is 11.5. The lowest BCUT2D eigenvalue weighted by Gasteiger charge is -2.38. The minimum atomic E-state index is 0. The molecule has 1 unspecified atom stereocenters. The Hall–Kier alpha value is -0.120. The molecule has 0 aromatic rings. The zero-order valence-electron chi connectivity index (χ0n) is 15.8. The van der Waals surface area contributed by atoms with Crippen molar-refractivity contribution >= 4 is 29.9 Å². The summed E-state index contributed by atoms with van der Waals surface area (Å²) < 4.78 is 5.73. The van der Waals surface area contributed by atoms with Crippen LogP contribution in [0.3, 0.4) is 0 Å². The molecule has 0 amide bonds. The molecule has 6 nitrogen and oxygen atoms in total. The Labute approximate surface area is 165 Å². The van der Waals surface area contributed by atoms with E-state index in [0.717, 1.165) is 58.1 Å². The highest BCUT2D eigenvalue weighted by atomic mass is 127. The smallest absolute Gasteiger partial charge is 0.193 e. The average molecular weight is 453 g/mol. The first kappa shape index (κ1) is 21.9. The van der Waals surface area contributed by atoms with E-state index in [1.165, 1.54) is 13.1 Å². The summed E-state index contributed by atoms with van der Waals surface area (Å²) in [7, 11) is 4.09. The van der Waals surface area contributed by atoms with Crippen molar-refractivity contribution in [1.29, 1.82) is 0 Å². The van der Waals surface area contributed by atoms with E-state index < -0.39 is 0 Å². The number of guanidine groups is 1. The zero-order chi connectivity index (χ0) is 16.7. The number of rotatable bonds is 5. The van der Waals surface area contributed by atoms with Crippen molar-refractivity contribution in [2.45, 2.75) is 38.8 Å². The lowest BCUT2D eigenvalue weighted by Crippen LogP contribution is -2.53. The lowest BCUT2D eigenvalue weighted by molar-refractivity contribution is 0.0262. The van der Waals surface area contributed by atoms with E-state index in [-0.39, 0.29) is 24.0 Å². The highest BCUT2D eigenvalue weighted by Gasteiger charge is 2.23. The summed E-state index contributed by atoms with van der Waals surface area (Å²) in [4.78, 5) is 11.8. The fourth-order valence-electron chi connectivity index (χ4n) is 3.43. The van der Waals surface area contributed by atoms with Gasteiger partial charge < -0.3 is 19.9 Å². The molecule has 1 N–H and O–H groups in total. The van der Waals surface area contributed by atoms with Crippen LogP contribution in [0.4, 0.5) is 0 Å². The summed E-state index contributed by atoms with van der Waals surface area (Å²) >= 11 is 0. The first-order valence-electron chi connectivity index (χ1n) is 9.13. The molecule has 2 rings (SSSR count). The van der Waals surface area contributed by atoms with Crippen LogP contribution in [0.15, 0.2) is 4.99 Å². The van der Waals surface area contributed by atoms with Crippen molar-refractivity contribution in [2.24, 2.45) is 4.99 Å². The first-order valence-corrected chi connectivity index (χ1v) is 9.13. The van der Waals surface area contributed by atoms with Gasteiger partial charge in [0.05, 0.1) is 6.10 Å². The van der Waals surface area contributed by atoms with Crippen LogP contribution < -0.4 is 5.32 Å². The maximum absolute atomic E-state index is 5.73. The SMILES string of the molecule is CCOC1CCN(C(=NC)NCC(C)N2CCN(C)CC2)CC1.I. The number of aliphatic imine (C=N–C) groups is 1. The molecule has 2 heterocycles. The molecule has 2 saturated heterocycles. The zero-order valence-corrected chi connectivity index (χ0v) is 18.2. The molecule has 142 valence electrons. The van der Waals surface area contributed by atoms with Gasteiger partial charge in [0.1, 0.15) is 0 Å². The second-order valence-electron chi connectivity index (χ2n) is 6.76. The number of likely N-dealkylation sites (N-methyl/N-ethyl adjacent to an activating group) is 1. The largest absolute Gasteiger partial charge is 0.378 e. The Morgan fingerprint density at radius 1 is 1.17 bits per heavy atom. The summed E-state index contributed by atoms with van der Waals surface area (Å²) in [6, 6.07) is 0.543. The Bertz CT molecular complexity index is 366. The number of hydrogen-bond donors (Lipinski definition) is 1. The highest BCUT2D eigenvalue weighted by Crippen LogP contribution is 2.13. The van der Waals surface area contributed by atoms with Gasteiger partial charge in [-0.1, -0.05) is 0 Å². The Balaban J connectivity index is 0.00000288. The van der Waals surface area contributed by atoms with Crippen LogP contribution in [0.2, 0.25) is 0 Å². The van der Waals surface area contributed by atoms with Gasteiger partial charge in [-0.3, -0.25) is 9.89 Å². The van der Waals surface area contributed by atoms with Crippen molar-refractivity contribution in [2.75, 3.05) is 66.5 Å². The van der Waals surface area contributed by atoms with Gasteiger partial charge in [-0.2, -0.15) is 0 Å². The Kier molecular flexibility index (Phi) is 10.5. The van der Waals surface area contributed by atoms with Gasteiger partial charge in [0.15, 0.2) is 5.96 Å². The number of piperazine rings is 1. The topological polar surface area (TPSA) is 43.3 Å². The van der Waals surface area contributed by atoms with E-state index >= 15 is 0 Å². The lowest BCUT2D eigenvalue weighted by atomic mass is 10.1. The minimum Gasteiger partial charge on any atom is -0.378 e. The molecule has 0 radical (unpaired) electrons.